The summed E-state index contributed by atoms with van der Waals surface area (Å²) in [6.07, 6.45) is -15.8. The summed E-state index contributed by atoms with van der Waals surface area (Å²) in [6, 6.07) is -1.57. The normalized spacial score (nSPS) is 21.5. The highest BCUT2D eigenvalue weighted by Crippen LogP contribution is 2.40. The van der Waals surface area contributed by atoms with Crippen LogP contribution in [0.15, 0.2) is 18.2 Å². The van der Waals surface area contributed by atoms with Crippen molar-refractivity contribution in [2.75, 3.05) is 4.90 Å². The van der Waals surface area contributed by atoms with E-state index in [4.69, 9.17) is 5.73 Å². The largest absolute Gasteiger partial charge is 0.471 e. The van der Waals surface area contributed by atoms with Crippen LogP contribution in [0.25, 0.3) is 0 Å². The van der Waals surface area contributed by atoms with Gasteiger partial charge in [0.1, 0.15) is 0 Å². The van der Waals surface area contributed by atoms with E-state index in [1.54, 1.807) is 0 Å². The van der Waals surface area contributed by atoms with Gasteiger partial charge in [0.15, 0.2) is 0 Å². The molecule has 12 heteroatoms. The van der Waals surface area contributed by atoms with E-state index < -0.39 is 47.3 Å². The molecule has 1 amide bonds. The molecule has 0 atom stereocenters. The van der Waals surface area contributed by atoms with Crippen molar-refractivity contribution < 1.29 is 44.3 Å². The summed E-state index contributed by atoms with van der Waals surface area (Å²) in [6.45, 7) is 0. The second-order valence-electron chi connectivity index (χ2n) is 6.51. The van der Waals surface area contributed by atoms with Crippen molar-refractivity contribution in [3.63, 3.8) is 0 Å². The Kier molecular flexibility index (Phi) is 5.94. The van der Waals surface area contributed by atoms with Crippen LogP contribution in [0, 0.1) is 0 Å². The van der Waals surface area contributed by atoms with Gasteiger partial charge < -0.3 is 10.6 Å². The predicted octanol–water partition coefficient (Wildman–Crippen LogP) is 4.89. The van der Waals surface area contributed by atoms with Crippen molar-refractivity contribution in [2.24, 2.45) is 5.73 Å². The first-order valence-electron chi connectivity index (χ1n) is 8.06. The number of rotatable bonds is 2. The first-order valence-corrected chi connectivity index (χ1v) is 8.06. The monoisotopic (exact) mass is 422 g/mol. The lowest BCUT2D eigenvalue weighted by atomic mass is 9.90. The Bertz CT molecular complexity index is 684. The smallest absolute Gasteiger partial charge is 0.328 e. The van der Waals surface area contributed by atoms with Gasteiger partial charge in [0.25, 0.3) is 0 Å². The zero-order valence-corrected chi connectivity index (χ0v) is 14.0. The van der Waals surface area contributed by atoms with Crippen LogP contribution in [-0.2, 0) is 17.1 Å². The molecule has 0 radical (unpaired) electrons. The van der Waals surface area contributed by atoms with Crippen molar-refractivity contribution >= 4 is 11.6 Å². The molecule has 0 unspecified atom stereocenters. The molecule has 1 saturated carbocycles. The molecule has 1 fully saturated rings. The summed E-state index contributed by atoms with van der Waals surface area (Å²) in [5.74, 6) is -2.53. The van der Waals surface area contributed by atoms with Gasteiger partial charge in [0.05, 0.1) is 11.1 Å². The zero-order chi connectivity index (χ0) is 21.5. The number of anilines is 1. The number of nitrogens with two attached hydrogens (primary N) is 1. The third kappa shape index (κ3) is 5.09. The number of hydrogen-bond donors (Lipinski definition) is 1. The second-order valence-corrected chi connectivity index (χ2v) is 6.51. The van der Waals surface area contributed by atoms with E-state index in [0.717, 1.165) is 0 Å². The molecule has 158 valence electrons. The van der Waals surface area contributed by atoms with Gasteiger partial charge >= 0.3 is 24.4 Å². The van der Waals surface area contributed by atoms with Crippen LogP contribution in [0.3, 0.4) is 0 Å². The van der Waals surface area contributed by atoms with Gasteiger partial charge in [0.2, 0.25) is 0 Å². The molecule has 3 nitrogen and oxygen atoms in total. The van der Waals surface area contributed by atoms with Gasteiger partial charge in [-0.2, -0.15) is 39.5 Å². The Balaban J connectivity index is 2.62. The highest BCUT2D eigenvalue weighted by molar-refractivity contribution is 5.98. The summed E-state index contributed by atoms with van der Waals surface area (Å²) >= 11 is 0. The van der Waals surface area contributed by atoms with E-state index in [-0.39, 0.29) is 54.8 Å². The highest BCUT2D eigenvalue weighted by Gasteiger charge is 2.47. The Hall–Kier alpha value is -1.98. The van der Waals surface area contributed by atoms with Gasteiger partial charge in [-0.05, 0) is 43.9 Å². The standard InChI is InChI=1S/C16H15F9N2O/c17-14(18,19)8-5-9(15(20,21)22)7-12(6-8)27(13(28)16(23,24)25)11-3-1-10(26)2-4-11/h5-7,10-11H,1-4,26H2. The molecule has 0 aromatic heterocycles. The number of alkyl halides is 9. The molecular weight excluding hydrogens is 407 g/mol. The minimum atomic E-state index is -5.48. The lowest BCUT2D eigenvalue weighted by molar-refractivity contribution is -0.171. The minimum absolute atomic E-state index is 0.0175. The molecule has 0 bridgehead atoms. The van der Waals surface area contributed by atoms with E-state index >= 15 is 0 Å². The molecule has 28 heavy (non-hydrogen) atoms. The van der Waals surface area contributed by atoms with E-state index in [1.165, 1.54) is 0 Å². The summed E-state index contributed by atoms with van der Waals surface area (Å²) in [5.41, 5.74) is 0.928. The fourth-order valence-electron chi connectivity index (χ4n) is 3.07. The van der Waals surface area contributed by atoms with Crippen molar-refractivity contribution in [3.05, 3.63) is 29.3 Å². The van der Waals surface area contributed by atoms with Crippen LogP contribution in [0.5, 0.6) is 0 Å². The minimum Gasteiger partial charge on any atom is -0.328 e. The molecular formula is C16H15F9N2O. The van der Waals surface area contributed by atoms with Gasteiger partial charge in [0, 0.05) is 17.8 Å². The Morgan fingerprint density at radius 3 is 1.61 bits per heavy atom. The van der Waals surface area contributed by atoms with E-state index in [9.17, 15) is 44.3 Å². The fraction of sp³-hybridized carbons (Fsp3) is 0.562. The molecule has 1 aromatic carbocycles. The van der Waals surface area contributed by atoms with Crippen LogP contribution in [0.1, 0.15) is 36.8 Å². The lowest BCUT2D eigenvalue weighted by Crippen LogP contribution is -2.49. The number of amides is 1. The van der Waals surface area contributed by atoms with Crippen LogP contribution < -0.4 is 10.6 Å². The van der Waals surface area contributed by atoms with Crippen LogP contribution in [0.2, 0.25) is 0 Å². The number of carbonyl (C=O) groups excluding carboxylic acids is 1. The molecule has 0 saturated heterocycles. The number of hydrogen-bond acceptors (Lipinski definition) is 2. The van der Waals surface area contributed by atoms with Gasteiger partial charge in [-0.25, -0.2) is 0 Å². The predicted molar refractivity (Wildman–Crippen MR) is 80.2 cm³/mol. The molecule has 1 aliphatic carbocycles. The van der Waals surface area contributed by atoms with E-state index in [0.29, 0.717) is 0 Å². The Morgan fingerprint density at radius 1 is 0.821 bits per heavy atom. The lowest BCUT2D eigenvalue weighted by Gasteiger charge is -2.37. The van der Waals surface area contributed by atoms with Gasteiger partial charge in [-0.1, -0.05) is 0 Å². The highest BCUT2D eigenvalue weighted by atomic mass is 19.4. The first kappa shape index (κ1) is 22.3. The maximum Gasteiger partial charge on any atom is 0.471 e. The first-order chi connectivity index (χ1) is 12.6. The number of carbonyl (C=O) groups is 1. The third-order valence-corrected chi connectivity index (χ3v) is 4.42. The van der Waals surface area contributed by atoms with Crippen LogP contribution in [0.4, 0.5) is 45.2 Å². The topological polar surface area (TPSA) is 46.3 Å². The SMILES string of the molecule is NC1CCC(N(C(=O)C(F)(F)F)c2cc(C(F)(F)F)cc(C(F)(F)F)c2)CC1. The van der Waals surface area contributed by atoms with Crippen molar-refractivity contribution in [1.29, 1.82) is 0 Å². The van der Waals surface area contributed by atoms with E-state index in [2.05, 4.69) is 0 Å². The maximum absolute atomic E-state index is 13.0. The number of benzene rings is 1. The third-order valence-electron chi connectivity index (χ3n) is 4.42. The molecule has 1 aromatic rings. The van der Waals surface area contributed by atoms with Crippen LogP contribution >= 0.6 is 0 Å². The molecule has 2 N–H and O–H groups in total. The molecule has 2 rings (SSSR count). The average Bonchev–Trinajstić information content (AvgIpc) is 2.54. The fourth-order valence-corrected chi connectivity index (χ4v) is 3.07. The van der Waals surface area contributed by atoms with Crippen molar-refractivity contribution in [1.82, 2.24) is 0 Å². The Labute approximate surface area is 153 Å². The quantitative estimate of drug-likeness (QED) is 0.690. The van der Waals surface area contributed by atoms with Gasteiger partial charge in [-0.15, -0.1) is 0 Å². The van der Waals surface area contributed by atoms with Crippen LogP contribution in [-0.4, -0.2) is 24.2 Å². The van der Waals surface area contributed by atoms with Crippen molar-refractivity contribution in [2.45, 2.75) is 56.3 Å². The number of halogens is 9. The summed E-state index contributed by atoms with van der Waals surface area (Å²) in [5, 5.41) is 0. The molecule has 0 heterocycles. The van der Waals surface area contributed by atoms with Crippen molar-refractivity contribution in [3.8, 4) is 0 Å². The average molecular weight is 422 g/mol. The van der Waals surface area contributed by atoms with E-state index in [1.807, 2.05) is 0 Å². The Morgan fingerprint density at radius 2 is 1.25 bits per heavy atom. The zero-order valence-electron chi connectivity index (χ0n) is 14.0. The molecule has 1 aliphatic rings. The summed E-state index contributed by atoms with van der Waals surface area (Å²) < 4.78 is 117. The summed E-state index contributed by atoms with van der Waals surface area (Å²) in [7, 11) is 0. The maximum atomic E-state index is 13.0. The number of nitrogens with zero attached hydrogens (tertiary/aromatic N) is 1. The summed E-state index contributed by atoms with van der Waals surface area (Å²) in [4.78, 5) is 11.9. The van der Waals surface area contributed by atoms with Gasteiger partial charge in [-0.3, -0.25) is 4.79 Å². The molecule has 0 spiro atoms. The second kappa shape index (κ2) is 7.45. The molecule has 0 aliphatic heterocycles.